The molecule has 2 aromatic carbocycles. The van der Waals surface area contributed by atoms with Gasteiger partial charge in [-0.15, -0.1) is 0 Å². The third-order valence-electron chi connectivity index (χ3n) is 4.47. The van der Waals surface area contributed by atoms with Gasteiger partial charge in [-0.05, 0) is 61.7 Å². The van der Waals surface area contributed by atoms with Gasteiger partial charge in [-0.1, -0.05) is 17.7 Å². The van der Waals surface area contributed by atoms with E-state index in [2.05, 4.69) is 10.0 Å². The van der Waals surface area contributed by atoms with Gasteiger partial charge in [0.1, 0.15) is 0 Å². The number of benzene rings is 2. The molecule has 1 aliphatic heterocycles. The molecule has 144 valence electrons. The van der Waals surface area contributed by atoms with E-state index in [-0.39, 0.29) is 23.5 Å². The van der Waals surface area contributed by atoms with Gasteiger partial charge in [-0.25, -0.2) is 13.1 Å². The summed E-state index contributed by atoms with van der Waals surface area (Å²) >= 11 is 6.06. The summed E-state index contributed by atoms with van der Waals surface area (Å²) in [6.07, 6.45) is 1.72. The molecule has 0 aliphatic carbocycles. The predicted octanol–water partition coefficient (Wildman–Crippen LogP) is 3.36. The van der Waals surface area contributed by atoms with E-state index in [1.54, 1.807) is 18.2 Å². The highest BCUT2D eigenvalue weighted by atomic mass is 35.5. The fraction of sp³-hybridized carbons (Fsp3) is 0.316. The molecular formula is C19H21ClN2O4S. The Balaban J connectivity index is 1.66. The molecular weight excluding hydrogens is 388 g/mol. The fourth-order valence-corrected chi connectivity index (χ4v) is 4.06. The minimum Gasteiger partial charge on any atom is -0.377 e. The average molecular weight is 409 g/mol. The van der Waals surface area contributed by atoms with Crippen LogP contribution in [0.5, 0.6) is 0 Å². The van der Waals surface area contributed by atoms with Gasteiger partial charge >= 0.3 is 0 Å². The van der Waals surface area contributed by atoms with Crippen molar-refractivity contribution in [3.05, 3.63) is 58.6 Å². The number of hydrogen-bond acceptors (Lipinski definition) is 4. The molecule has 1 amide bonds. The van der Waals surface area contributed by atoms with Crippen molar-refractivity contribution in [1.82, 2.24) is 4.72 Å². The van der Waals surface area contributed by atoms with Gasteiger partial charge in [0.05, 0.1) is 11.0 Å². The lowest BCUT2D eigenvalue weighted by atomic mass is 10.1. The zero-order chi connectivity index (χ0) is 19.4. The first-order valence-electron chi connectivity index (χ1n) is 8.64. The molecule has 0 spiro atoms. The highest BCUT2D eigenvalue weighted by Gasteiger charge is 2.20. The molecule has 8 heteroatoms. The summed E-state index contributed by atoms with van der Waals surface area (Å²) in [6.45, 7) is 2.73. The predicted molar refractivity (Wildman–Crippen MR) is 105 cm³/mol. The Hall–Kier alpha value is -1.93. The molecule has 0 bridgehead atoms. The molecule has 1 fully saturated rings. The van der Waals surface area contributed by atoms with Gasteiger partial charge in [-0.2, -0.15) is 0 Å². The maximum atomic E-state index is 12.4. The molecule has 2 aromatic rings. The van der Waals surface area contributed by atoms with Crippen molar-refractivity contribution >= 4 is 33.2 Å². The zero-order valence-corrected chi connectivity index (χ0v) is 16.4. The summed E-state index contributed by atoms with van der Waals surface area (Å²) in [5.74, 6) is -0.336. The van der Waals surface area contributed by atoms with Crippen LogP contribution in [0.25, 0.3) is 0 Å². The molecule has 1 atom stereocenters. The molecule has 0 aromatic heterocycles. The number of halogens is 1. The van der Waals surface area contributed by atoms with Crippen LogP contribution < -0.4 is 10.0 Å². The maximum absolute atomic E-state index is 12.4. The second kappa shape index (κ2) is 8.39. The van der Waals surface area contributed by atoms with Crippen molar-refractivity contribution in [2.75, 3.05) is 18.5 Å². The number of rotatable bonds is 6. The molecule has 1 aliphatic rings. The normalized spacial score (nSPS) is 17.0. The number of nitrogens with one attached hydrogen (secondary N) is 2. The van der Waals surface area contributed by atoms with E-state index in [1.807, 2.05) is 6.92 Å². The lowest BCUT2D eigenvalue weighted by molar-refractivity contribution is 0.102. The number of carbonyl (C=O) groups excluding carboxylic acids is 1. The molecule has 6 nitrogen and oxygen atoms in total. The highest BCUT2D eigenvalue weighted by Crippen LogP contribution is 2.23. The lowest BCUT2D eigenvalue weighted by Crippen LogP contribution is -2.31. The molecule has 3 rings (SSSR count). The van der Waals surface area contributed by atoms with E-state index in [0.29, 0.717) is 22.9 Å². The minimum absolute atomic E-state index is 0.0780. The molecule has 0 unspecified atom stereocenters. The van der Waals surface area contributed by atoms with Gasteiger partial charge in [0, 0.05) is 29.4 Å². The van der Waals surface area contributed by atoms with Crippen LogP contribution in [0.4, 0.5) is 5.69 Å². The Morgan fingerprint density at radius 3 is 2.63 bits per heavy atom. The van der Waals surface area contributed by atoms with Crippen LogP contribution in [0.3, 0.4) is 0 Å². The fourth-order valence-electron chi connectivity index (χ4n) is 2.81. The van der Waals surface area contributed by atoms with Gasteiger partial charge < -0.3 is 10.1 Å². The van der Waals surface area contributed by atoms with Crippen LogP contribution in [-0.2, 0) is 14.8 Å². The summed E-state index contributed by atoms with van der Waals surface area (Å²) in [5.41, 5.74) is 1.74. The SMILES string of the molecule is Cc1c(Cl)cccc1NC(=O)c1ccc(S(=O)(=O)NC[C@H]2CCCO2)cc1. The Labute approximate surface area is 163 Å². The molecule has 27 heavy (non-hydrogen) atoms. The summed E-state index contributed by atoms with van der Waals surface area (Å²) < 4.78 is 32.7. The first-order valence-corrected chi connectivity index (χ1v) is 10.5. The average Bonchev–Trinajstić information content (AvgIpc) is 3.18. The molecule has 0 saturated carbocycles. The van der Waals surface area contributed by atoms with Crippen LogP contribution in [0, 0.1) is 6.92 Å². The molecule has 1 heterocycles. The minimum atomic E-state index is -3.64. The van der Waals surface area contributed by atoms with Crippen LogP contribution in [0.1, 0.15) is 28.8 Å². The van der Waals surface area contributed by atoms with Crippen molar-refractivity contribution in [2.24, 2.45) is 0 Å². The number of ether oxygens (including phenoxy) is 1. The molecule has 0 radical (unpaired) electrons. The van der Waals surface area contributed by atoms with Crippen molar-refractivity contribution < 1.29 is 17.9 Å². The number of anilines is 1. The quantitative estimate of drug-likeness (QED) is 0.767. The van der Waals surface area contributed by atoms with Crippen LogP contribution in [-0.4, -0.2) is 33.6 Å². The van der Waals surface area contributed by atoms with E-state index in [1.165, 1.54) is 24.3 Å². The number of carbonyl (C=O) groups is 1. The summed E-state index contributed by atoms with van der Waals surface area (Å²) in [6, 6.07) is 11.0. The van der Waals surface area contributed by atoms with Gasteiger partial charge in [0.15, 0.2) is 0 Å². The highest BCUT2D eigenvalue weighted by molar-refractivity contribution is 7.89. The Morgan fingerprint density at radius 1 is 1.22 bits per heavy atom. The van der Waals surface area contributed by atoms with E-state index in [0.717, 1.165) is 18.4 Å². The van der Waals surface area contributed by atoms with E-state index in [4.69, 9.17) is 16.3 Å². The largest absolute Gasteiger partial charge is 0.377 e. The van der Waals surface area contributed by atoms with Crippen molar-refractivity contribution in [2.45, 2.75) is 30.8 Å². The van der Waals surface area contributed by atoms with Crippen LogP contribution >= 0.6 is 11.6 Å². The van der Waals surface area contributed by atoms with Gasteiger partial charge in [0.25, 0.3) is 5.91 Å². The second-order valence-electron chi connectivity index (χ2n) is 6.38. The first kappa shape index (κ1) is 19.8. The molecule has 2 N–H and O–H groups in total. The number of amides is 1. The van der Waals surface area contributed by atoms with Crippen molar-refractivity contribution in [3.8, 4) is 0 Å². The summed E-state index contributed by atoms with van der Waals surface area (Å²) in [4.78, 5) is 12.5. The number of sulfonamides is 1. The van der Waals surface area contributed by atoms with Gasteiger partial charge in [0.2, 0.25) is 10.0 Å². The smallest absolute Gasteiger partial charge is 0.255 e. The van der Waals surface area contributed by atoms with Gasteiger partial charge in [-0.3, -0.25) is 4.79 Å². The maximum Gasteiger partial charge on any atom is 0.255 e. The van der Waals surface area contributed by atoms with Crippen LogP contribution in [0.15, 0.2) is 47.4 Å². The van der Waals surface area contributed by atoms with Crippen molar-refractivity contribution in [3.63, 3.8) is 0 Å². The number of hydrogen-bond donors (Lipinski definition) is 2. The summed E-state index contributed by atoms with van der Waals surface area (Å²) in [5, 5.41) is 3.34. The van der Waals surface area contributed by atoms with Crippen molar-refractivity contribution in [1.29, 1.82) is 0 Å². The third kappa shape index (κ3) is 4.87. The third-order valence-corrected chi connectivity index (χ3v) is 6.32. The Kier molecular flexibility index (Phi) is 6.16. The van der Waals surface area contributed by atoms with E-state index >= 15 is 0 Å². The first-order chi connectivity index (χ1) is 12.9. The standard InChI is InChI=1S/C19H21ClN2O4S/c1-13-17(20)5-2-6-18(13)22-19(23)14-7-9-16(10-8-14)27(24,25)21-12-15-4-3-11-26-15/h2,5-10,15,21H,3-4,11-12H2,1H3,(H,22,23)/t15-/m1/s1. The Morgan fingerprint density at radius 2 is 1.96 bits per heavy atom. The monoisotopic (exact) mass is 408 g/mol. The topological polar surface area (TPSA) is 84.5 Å². The van der Waals surface area contributed by atoms with E-state index in [9.17, 15) is 13.2 Å². The zero-order valence-electron chi connectivity index (χ0n) is 14.9. The molecule has 1 saturated heterocycles. The summed E-state index contributed by atoms with van der Waals surface area (Å²) in [7, 11) is -3.64. The van der Waals surface area contributed by atoms with Crippen LogP contribution in [0.2, 0.25) is 5.02 Å². The second-order valence-corrected chi connectivity index (χ2v) is 8.55. The Bertz CT molecular complexity index is 923. The lowest BCUT2D eigenvalue weighted by Gasteiger charge is -2.12. The van der Waals surface area contributed by atoms with E-state index < -0.39 is 10.0 Å².